The smallest absolute Gasteiger partial charge is 0.263 e. The minimum atomic E-state index is -0.774. The molecular formula is C13H16BrNO3S. The summed E-state index contributed by atoms with van der Waals surface area (Å²) < 4.78 is 17.8. The van der Waals surface area contributed by atoms with Gasteiger partial charge >= 0.3 is 0 Å². The highest BCUT2D eigenvalue weighted by molar-refractivity contribution is 9.10. The molecule has 1 saturated heterocycles. The van der Waals surface area contributed by atoms with E-state index in [0.29, 0.717) is 30.3 Å². The van der Waals surface area contributed by atoms with Crippen LogP contribution in [0.4, 0.5) is 0 Å². The molecule has 2 rings (SSSR count). The predicted molar refractivity (Wildman–Crippen MR) is 78.7 cm³/mol. The van der Waals surface area contributed by atoms with E-state index in [2.05, 4.69) is 15.9 Å². The fourth-order valence-corrected chi connectivity index (χ4v) is 3.33. The minimum Gasteiger partial charge on any atom is -0.480 e. The lowest BCUT2D eigenvalue weighted by molar-refractivity contribution is -0.137. The van der Waals surface area contributed by atoms with Crippen molar-refractivity contribution in [3.63, 3.8) is 0 Å². The molecule has 19 heavy (non-hydrogen) atoms. The Morgan fingerprint density at radius 3 is 2.63 bits per heavy atom. The SMILES string of the molecule is C[C@H](Oc1ccccc1Br)C(=O)N1CCS(=O)CC1. The van der Waals surface area contributed by atoms with E-state index in [0.717, 1.165) is 4.47 Å². The summed E-state index contributed by atoms with van der Waals surface area (Å²) in [5.41, 5.74) is 0. The van der Waals surface area contributed by atoms with Crippen molar-refractivity contribution in [1.29, 1.82) is 0 Å². The molecule has 1 atom stereocenters. The maximum atomic E-state index is 12.2. The Balaban J connectivity index is 1.96. The average Bonchev–Trinajstić information content (AvgIpc) is 2.41. The molecule has 1 aromatic carbocycles. The van der Waals surface area contributed by atoms with Gasteiger partial charge in [-0.2, -0.15) is 0 Å². The van der Waals surface area contributed by atoms with E-state index in [9.17, 15) is 9.00 Å². The molecule has 1 aromatic rings. The number of nitrogens with zero attached hydrogens (tertiary/aromatic N) is 1. The molecule has 4 nitrogen and oxygen atoms in total. The normalized spacial score (nSPS) is 18.1. The Morgan fingerprint density at radius 2 is 2.00 bits per heavy atom. The molecule has 6 heteroatoms. The first-order valence-corrected chi connectivity index (χ1v) is 8.41. The zero-order valence-corrected chi connectivity index (χ0v) is 13.1. The minimum absolute atomic E-state index is 0.0487. The Kier molecular flexibility index (Phi) is 4.99. The molecule has 0 saturated carbocycles. The number of para-hydroxylation sites is 1. The lowest BCUT2D eigenvalue weighted by Gasteiger charge is -2.29. The topological polar surface area (TPSA) is 46.6 Å². The molecule has 0 aliphatic carbocycles. The van der Waals surface area contributed by atoms with Gasteiger partial charge in [0.1, 0.15) is 5.75 Å². The van der Waals surface area contributed by atoms with Crippen LogP contribution in [0.5, 0.6) is 5.75 Å². The molecule has 0 spiro atoms. The molecule has 0 bridgehead atoms. The van der Waals surface area contributed by atoms with E-state index in [1.807, 2.05) is 24.3 Å². The van der Waals surface area contributed by atoms with Crippen molar-refractivity contribution in [3.8, 4) is 5.75 Å². The quantitative estimate of drug-likeness (QED) is 0.839. The molecule has 104 valence electrons. The van der Waals surface area contributed by atoms with E-state index < -0.39 is 16.9 Å². The highest BCUT2D eigenvalue weighted by atomic mass is 79.9. The Labute approximate surface area is 123 Å². The maximum absolute atomic E-state index is 12.2. The predicted octanol–water partition coefficient (Wildman–Crippen LogP) is 1.81. The van der Waals surface area contributed by atoms with Gasteiger partial charge in [-0.15, -0.1) is 0 Å². The van der Waals surface area contributed by atoms with E-state index in [-0.39, 0.29) is 5.91 Å². The molecular weight excluding hydrogens is 330 g/mol. The molecule has 0 aromatic heterocycles. The van der Waals surface area contributed by atoms with E-state index >= 15 is 0 Å². The molecule has 0 radical (unpaired) electrons. The van der Waals surface area contributed by atoms with Gasteiger partial charge in [0, 0.05) is 35.4 Å². The number of halogens is 1. The summed E-state index contributed by atoms with van der Waals surface area (Å²) in [6.45, 7) is 2.84. The summed E-state index contributed by atoms with van der Waals surface area (Å²) in [5, 5.41) is 0. The second-order valence-electron chi connectivity index (χ2n) is 4.36. The standard InChI is InChI=1S/C13H16BrNO3S/c1-10(18-12-5-3-2-4-11(12)14)13(16)15-6-8-19(17)9-7-15/h2-5,10H,6-9H2,1H3/t10-/m0/s1. The van der Waals surface area contributed by atoms with Crippen LogP contribution in [0.1, 0.15) is 6.92 Å². The molecule has 1 heterocycles. The summed E-state index contributed by atoms with van der Waals surface area (Å²) in [7, 11) is -0.774. The van der Waals surface area contributed by atoms with Gasteiger partial charge in [-0.3, -0.25) is 9.00 Å². The van der Waals surface area contributed by atoms with Crippen LogP contribution in [-0.2, 0) is 15.6 Å². The van der Waals surface area contributed by atoms with Crippen molar-refractivity contribution in [3.05, 3.63) is 28.7 Å². The third-order valence-corrected chi connectivity index (χ3v) is 4.91. The highest BCUT2D eigenvalue weighted by Crippen LogP contribution is 2.25. The van der Waals surface area contributed by atoms with Crippen LogP contribution in [0, 0.1) is 0 Å². The Morgan fingerprint density at radius 1 is 1.37 bits per heavy atom. The van der Waals surface area contributed by atoms with Crippen LogP contribution >= 0.6 is 15.9 Å². The van der Waals surface area contributed by atoms with Crippen LogP contribution < -0.4 is 4.74 Å². The second kappa shape index (κ2) is 6.52. The number of amides is 1. The lowest BCUT2D eigenvalue weighted by atomic mass is 10.3. The fraction of sp³-hybridized carbons (Fsp3) is 0.462. The Hall–Kier alpha value is -0.880. The number of benzene rings is 1. The first kappa shape index (κ1) is 14.5. The summed E-state index contributed by atoms with van der Waals surface area (Å²) >= 11 is 3.39. The highest BCUT2D eigenvalue weighted by Gasteiger charge is 2.25. The fourth-order valence-electron chi connectivity index (χ4n) is 1.90. The number of hydrogen-bond acceptors (Lipinski definition) is 3. The van der Waals surface area contributed by atoms with E-state index in [1.165, 1.54) is 0 Å². The van der Waals surface area contributed by atoms with Gasteiger partial charge in [0.2, 0.25) is 0 Å². The van der Waals surface area contributed by atoms with Crippen molar-refractivity contribution in [1.82, 2.24) is 4.90 Å². The Bertz CT molecular complexity index is 485. The van der Waals surface area contributed by atoms with Crippen molar-refractivity contribution < 1.29 is 13.7 Å². The van der Waals surface area contributed by atoms with Crippen LogP contribution in [0.2, 0.25) is 0 Å². The number of carbonyl (C=O) groups is 1. The van der Waals surface area contributed by atoms with Crippen LogP contribution in [0.15, 0.2) is 28.7 Å². The zero-order valence-electron chi connectivity index (χ0n) is 10.7. The first-order chi connectivity index (χ1) is 9.08. The maximum Gasteiger partial charge on any atom is 0.263 e. The number of hydrogen-bond donors (Lipinski definition) is 0. The van der Waals surface area contributed by atoms with Crippen molar-refractivity contribution in [2.24, 2.45) is 0 Å². The third kappa shape index (κ3) is 3.79. The van der Waals surface area contributed by atoms with Crippen LogP contribution in [-0.4, -0.2) is 45.7 Å². The number of rotatable bonds is 3. The van der Waals surface area contributed by atoms with Gasteiger partial charge in [0.05, 0.1) is 4.47 Å². The first-order valence-electron chi connectivity index (χ1n) is 6.13. The summed E-state index contributed by atoms with van der Waals surface area (Å²) in [6.07, 6.45) is -0.537. The van der Waals surface area contributed by atoms with Gasteiger partial charge in [-0.25, -0.2) is 0 Å². The summed E-state index contributed by atoms with van der Waals surface area (Å²) in [4.78, 5) is 13.9. The van der Waals surface area contributed by atoms with Crippen molar-refractivity contribution in [2.75, 3.05) is 24.6 Å². The zero-order chi connectivity index (χ0) is 13.8. The van der Waals surface area contributed by atoms with E-state index in [1.54, 1.807) is 11.8 Å². The molecule has 0 unspecified atom stereocenters. The number of carbonyl (C=O) groups excluding carboxylic acids is 1. The van der Waals surface area contributed by atoms with Gasteiger partial charge in [0.25, 0.3) is 5.91 Å². The lowest BCUT2D eigenvalue weighted by Crippen LogP contribution is -2.47. The second-order valence-corrected chi connectivity index (χ2v) is 6.91. The third-order valence-electron chi connectivity index (χ3n) is 2.98. The molecule has 1 fully saturated rings. The molecule has 0 N–H and O–H groups in total. The van der Waals surface area contributed by atoms with Crippen molar-refractivity contribution >= 4 is 32.6 Å². The van der Waals surface area contributed by atoms with Gasteiger partial charge in [0.15, 0.2) is 6.10 Å². The molecule has 1 aliphatic rings. The van der Waals surface area contributed by atoms with Gasteiger partial charge in [-0.05, 0) is 35.0 Å². The van der Waals surface area contributed by atoms with Gasteiger partial charge < -0.3 is 9.64 Å². The summed E-state index contributed by atoms with van der Waals surface area (Å²) in [5.74, 6) is 1.73. The van der Waals surface area contributed by atoms with Crippen LogP contribution in [0.3, 0.4) is 0 Å². The van der Waals surface area contributed by atoms with Gasteiger partial charge in [-0.1, -0.05) is 12.1 Å². The van der Waals surface area contributed by atoms with E-state index in [4.69, 9.17) is 4.74 Å². The largest absolute Gasteiger partial charge is 0.480 e. The summed E-state index contributed by atoms with van der Waals surface area (Å²) in [6, 6.07) is 7.44. The van der Waals surface area contributed by atoms with Crippen LogP contribution in [0.25, 0.3) is 0 Å². The molecule has 1 amide bonds. The number of ether oxygens (including phenoxy) is 1. The average molecular weight is 346 g/mol. The molecule has 1 aliphatic heterocycles. The van der Waals surface area contributed by atoms with Crippen molar-refractivity contribution in [2.45, 2.75) is 13.0 Å². The monoisotopic (exact) mass is 345 g/mol.